The van der Waals surface area contributed by atoms with Crippen molar-refractivity contribution in [1.82, 2.24) is 0 Å². The zero-order valence-electron chi connectivity index (χ0n) is 13.8. The van der Waals surface area contributed by atoms with Crippen LogP contribution in [-0.2, 0) is 13.6 Å². The monoisotopic (exact) mass is 388 g/mol. The van der Waals surface area contributed by atoms with Gasteiger partial charge in [-0.1, -0.05) is 0 Å². The van der Waals surface area contributed by atoms with Crippen LogP contribution in [0.4, 0.5) is 0 Å². The minimum absolute atomic E-state index is 0.108. The number of benzene rings is 1. The third-order valence-electron chi connectivity index (χ3n) is 3.52. The Morgan fingerprint density at radius 2 is 1.91 bits per heavy atom. The average molecular weight is 387 g/mol. The molecule has 22 heavy (non-hydrogen) atoms. The Balaban J connectivity index is 2.42. The van der Waals surface area contributed by atoms with Gasteiger partial charge in [-0.3, -0.25) is 0 Å². The van der Waals surface area contributed by atoms with Crippen LogP contribution >= 0.6 is 7.60 Å². The normalized spacial score (nSPS) is 24.0. The minimum atomic E-state index is -3.13. The van der Waals surface area contributed by atoms with Crippen molar-refractivity contribution in [3.63, 3.8) is 0 Å². The Morgan fingerprint density at radius 1 is 1.23 bits per heavy atom. The molecule has 122 valence electrons. The molecule has 2 rings (SSSR count). The van der Waals surface area contributed by atoms with E-state index in [1.807, 2.05) is 39.0 Å². The fraction of sp³-hybridized carbons (Fsp3) is 0.529. The summed E-state index contributed by atoms with van der Waals surface area (Å²) in [5.41, 5.74) is -0.510. The molecule has 0 aliphatic carbocycles. The third kappa shape index (κ3) is 3.93. The number of unbranched alkanes of at least 4 members (excludes halogenated alkanes) is 1. The Hall–Kier alpha value is -0.371. The van der Waals surface area contributed by atoms with Crippen LogP contribution in [0.2, 0.25) is 0 Å². The zero-order valence-corrected chi connectivity index (χ0v) is 16.4. The van der Waals surface area contributed by atoms with Crippen LogP contribution in [0.1, 0.15) is 47.0 Å². The number of allylic oxidation sites excluding steroid dienone is 1. The van der Waals surface area contributed by atoms with Crippen molar-refractivity contribution in [2.45, 2.75) is 52.6 Å². The molecule has 1 aliphatic heterocycles. The number of rotatable bonds is 7. The third-order valence-corrected chi connectivity index (χ3v) is 9.30. The van der Waals surface area contributed by atoms with Gasteiger partial charge >= 0.3 is 140 Å². The van der Waals surface area contributed by atoms with Crippen molar-refractivity contribution < 1.29 is 13.6 Å². The summed E-state index contributed by atoms with van der Waals surface area (Å²) in [4.78, 5) is 0. The maximum absolute atomic E-state index is 13.2. The van der Waals surface area contributed by atoms with E-state index in [-0.39, 0.29) is 15.0 Å². The molecule has 0 amide bonds. The summed E-state index contributed by atoms with van der Waals surface area (Å²) in [7, 11) is -3.13. The van der Waals surface area contributed by atoms with Gasteiger partial charge in [0.2, 0.25) is 0 Å². The van der Waals surface area contributed by atoms with E-state index in [0.717, 1.165) is 24.6 Å². The molecule has 0 spiro atoms. The van der Waals surface area contributed by atoms with Gasteiger partial charge in [0.1, 0.15) is 0 Å². The van der Waals surface area contributed by atoms with Crippen LogP contribution in [0.15, 0.2) is 40.1 Å². The predicted molar refractivity (Wildman–Crippen MR) is 92.8 cm³/mol. The zero-order chi connectivity index (χ0) is 16.2. The van der Waals surface area contributed by atoms with Crippen molar-refractivity contribution in [2.75, 3.05) is 6.61 Å². The van der Waals surface area contributed by atoms with Crippen molar-refractivity contribution >= 4 is 27.0 Å². The molecule has 1 atom stereocenters. The second-order valence-corrected chi connectivity index (χ2v) is 10.1. The Kier molecular flexibility index (Phi) is 6.10. The van der Waals surface area contributed by atoms with E-state index in [1.165, 1.54) is 8.93 Å². The van der Waals surface area contributed by atoms with Gasteiger partial charge in [-0.25, -0.2) is 0 Å². The quantitative estimate of drug-likeness (QED) is 0.512. The van der Waals surface area contributed by atoms with E-state index >= 15 is 0 Å². The van der Waals surface area contributed by atoms with E-state index in [2.05, 4.69) is 19.1 Å². The summed E-state index contributed by atoms with van der Waals surface area (Å²) in [6.07, 6.45) is 2.89. The van der Waals surface area contributed by atoms with Crippen LogP contribution in [0.5, 0.6) is 0 Å². The van der Waals surface area contributed by atoms with Gasteiger partial charge < -0.3 is 0 Å². The fourth-order valence-electron chi connectivity index (χ4n) is 2.53. The second-order valence-electron chi connectivity index (χ2n) is 5.81. The predicted octanol–water partition coefficient (Wildman–Crippen LogP) is 4.46. The van der Waals surface area contributed by atoms with E-state index in [0.29, 0.717) is 6.61 Å². The molecule has 0 saturated carbocycles. The van der Waals surface area contributed by atoms with Gasteiger partial charge in [0.25, 0.3) is 0 Å². The molecule has 3 nitrogen and oxygen atoms in total. The van der Waals surface area contributed by atoms with Gasteiger partial charge in [-0.05, 0) is 0 Å². The molecule has 1 aromatic rings. The fourth-order valence-corrected chi connectivity index (χ4v) is 8.08. The van der Waals surface area contributed by atoms with Gasteiger partial charge in [0.15, 0.2) is 0 Å². The summed E-state index contributed by atoms with van der Waals surface area (Å²) in [5, 5.41) is 0.935. The van der Waals surface area contributed by atoms with Crippen molar-refractivity contribution in [2.24, 2.45) is 0 Å². The first-order valence-electron chi connectivity index (χ1n) is 7.85. The second kappa shape index (κ2) is 7.47. The molecular formula is C17H25O3PSe. The molecule has 0 radical (unpaired) electrons. The molecule has 1 aliphatic rings. The van der Waals surface area contributed by atoms with Crippen LogP contribution in [0.3, 0.4) is 0 Å². The van der Waals surface area contributed by atoms with Gasteiger partial charge in [0, 0.05) is 0 Å². The Bertz CT molecular complexity index is 581. The van der Waals surface area contributed by atoms with Crippen LogP contribution in [-0.4, -0.2) is 27.2 Å². The average Bonchev–Trinajstić information content (AvgIpc) is 2.64. The summed E-state index contributed by atoms with van der Waals surface area (Å²) in [6, 6.07) is 10.4. The van der Waals surface area contributed by atoms with E-state index in [1.54, 1.807) is 0 Å². The summed E-state index contributed by atoms with van der Waals surface area (Å²) in [6.45, 7) is 8.45. The molecule has 0 N–H and O–H groups in total. The molecular weight excluding hydrogens is 362 g/mol. The molecule has 0 aromatic heterocycles. The molecule has 1 unspecified atom stereocenters. The van der Waals surface area contributed by atoms with Crippen molar-refractivity contribution in [3.8, 4) is 0 Å². The molecule has 0 saturated heterocycles. The molecule has 0 fully saturated rings. The topological polar surface area (TPSA) is 35.5 Å². The first-order valence-corrected chi connectivity index (χ1v) is 11.1. The summed E-state index contributed by atoms with van der Waals surface area (Å²) >= 11 is 0.108. The molecule has 1 heterocycles. The number of hydrogen-bond acceptors (Lipinski definition) is 3. The first-order chi connectivity index (χ1) is 10.4. The van der Waals surface area contributed by atoms with Crippen molar-refractivity contribution in [3.05, 3.63) is 40.1 Å². The maximum atomic E-state index is 13.2. The Labute approximate surface area is 140 Å². The standard InChI is InChI=1S/C17H25O3PSe/c1-5-7-13-15-16(22-14-11-9-8-10-12-14)17(3,4)20-21(15,18)19-6-2/h8-12H,5-7,13H2,1-4H3. The van der Waals surface area contributed by atoms with Gasteiger partial charge in [-0.15, -0.1) is 0 Å². The summed E-state index contributed by atoms with van der Waals surface area (Å²) in [5.74, 6) is 0. The number of hydrogen-bond donors (Lipinski definition) is 0. The molecule has 1 aromatic carbocycles. The van der Waals surface area contributed by atoms with E-state index < -0.39 is 13.2 Å². The van der Waals surface area contributed by atoms with Gasteiger partial charge in [0.05, 0.1) is 0 Å². The van der Waals surface area contributed by atoms with Crippen LogP contribution in [0, 0.1) is 0 Å². The molecule has 5 heteroatoms. The SMILES string of the molecule is CCCCC1=C([Se]c2ccccc2)C(C)(C)OP1(=O)OCC. The van der Waals surface area contributed by atoms with E-state index in [4.69, 9.17) is 9.05 Å². The van der Waals surface area contributed by atoms with E-state index in [9.17, 15) is 4.57 Å². The van der Waals surface area contributed by atoms with Gasteiger partial charge in [-0.2, -0.15) is 0 Å². The van der Waals surface area contributed by atoms with Crippen LogP contribution < -0.4 is 4.46 Å². The van der Waals surface area contributed by atoms with Crippen molar-refractivity contribution in [1.29, 1.82) is 0 Å². The van der Waals surface area contributed by atoms with Crippen LogP contribution in [0.25, 0.3) is 0 Å². The molecule has 0 bridgehead atoms. The first kappa shape index (κ1) is 18.0. The summed E-state index contributed by atoms with van der Waals surface area (Å²) < 4.78 is 27.2. The Morgan fingerprint density at radius 3 is 2.50 bits per heavy atom.